The summed E-state index contributed by atoms with van der Waals surface area (Å²) in [5.41, 5.74) is 2.03. The average Bonchev–Trinajstić information content (AvgIpc) is 2.19. The third-order valence-corrected chi connectivity index (χ3v) is 2.59. The summed E-state index contributed by atoms with van der Waals surface area (Å²) in [6.45, 7) is 0.262. The molecule has 1 N–H and O–H groups in total. The summed E-state index contributed by atoms with van der Waals surface area (Å²) in [4.78, 5) is 11.5. The second-order valence-corrected chi connectivity index (χ2v) is 3.61. The highest BCUT2D eigenvalue weighted by molar-refractivity contribution is 5.20. The van der Waals surface area contributed by atoms with Gasteiger partial charge in [-0.25, -0.2) is 4.68 Å². The Kier molecular flexibility index (Phi) is 2.63. The first-order chi connectivity index (χ1) is 6.81. The van der Waals surface area contributed by atoms with E-state index in [4.69, 9.17) is 5.11 Å². The lowest BCUT2D eigenvalue weighted by Crippen LogP contribution is -2.27. The maximum absolute atomic E-state index is 11.5. The van der Waals surface area contributed by atoms with Crippen LogP contribution in [0.25, 0.3) is 0 Å². The summed E-state index contributed by atoms with van der Waals surface area (Å²) in [7, 11) is 0. The summed E-state index contributed by atoms with van der Waals surface area (Å²) >= 11 is 0. The van der Waals surface area contributed by atoms with Gasteiger partial charge in [-0.2, -0.15) is 5.10 Å². The van der Waals surface area contributed by atoms with Gasteiger partial charge < -0.3 is 5.11 Å². The van der Waals surface area contributed by atoms with Gasteiger partial charge in [-0.15, -0.1) is 0 Å². The quantitative estimate of drug-likeness (QED) is 0.727. The van der Waals surface area contributed by atoms with Crippen molar-refractivity contribution in [1.29, 1.82) is 0 Å². The van der Waals surface area contributed by atoms with Crippen LogP contribution < -0.4 is 5.56 Å². The molecule has 0 aromatic carbocycles. The van der Waals surface area contributed by atoms with Crippen molar-refractivity contribution in [1.82, 2.24) is 9.78 Å². The van der Waals surface area contributed by atoms with E-state index >= 15 is 0 Å². The van der Waals surface area contributed by atoms with Gasteiger partial charge in [-0.05, 0) is 31.2 Å². The number of fused-ring (bicyclic) bond motifs is 1. The summed E-state index contributed by atoms with van der Waals surface area (Å²) < 4.78 is 1.35. The van der Waals surface area contributed by atoms with E-state index in [0.717, 1.165) is 36.9 Å². The minimum atomic E-state index is -0.0975. The molecule has 1 heterocycles. The van der Waals surface area contributed by atoms with Crippen molar-refractivity contribution in [3.63, 3.8) is 0 Å². The maximum Gasteiger partial charge on any atom is 0.267 e. The number of hydrogen-bond acceptors (Lipinski definition) is 3. The van der Waals surface area contributed by atoms with Crippen molar-refractivity contribution in [2.45, 2.75) is 32.2 Å². The van der Waals surface area contributed by atoms with Crippen molar-refractivity contribution < 1.29 is 5.11 Å². The van der Waals surface area contributed by atoms with Crippen LogP contribution in [0.5, 0.6) is 0 Å². The van der Waals surface area contributed by atoms with Gasteiger partial charge in [0.2, 0.25) is 0 Å². The van der Waals surface area contributed by atoms with Crippen LogP contribution in [-0.4, -0.2) is 21.5 Å². The lowest BCUT2D eigenvalue weighted by atomic mass is 9.97. The van der Waals surface area contributed by atoms with Crippen molar-refractivity contribution in [3.05, 3.63) is 27.7 Å². The Labute approximate surface area is 82.2 Å². The molecule has 1 aromatic rings. The van der Waals surface area contributed by atoms with E-state index in [-0.39, 0.29) is 12.2 Å². The fraction of sp³-hybridized carbons (Fsp3) is 0.600. The third-order valence-electron chi connectivity index (χ3n) is 2.59. The van der Waals surface area contributed by atoms with E-state index in [9.17, 15) is 4.79 Å². The van der Waals surface area contributed by atoms with Crippen molar-refractivity contribution in [3.8, 4) is 0 Å². The highest BCUT2D eigenvalue weighted by Crippen LogP contribution is 2.16. The fourth-order valence-corrected chi connectivity index (χ4v) is 1.86. The standard InChI is InChI=1S/C10H14N2O2/c13-6-5-12-10(14)7-8-3-1-2-4-9(8)11-12/h7,13H,1-6H2. The van der Waals surface area contributed by atoms with Gasteiger partial charge in [0, 0.05) is 6.07 Å². The molecule has 0 bridgehead atoms. The fourth-order valence-electron chi connectivity index (χ4n) is 1.86. The van der Waals surface area contributed by atoms with Gasteiger partial charge in [0.1, 0.15) is 0 Å². The van der Waals surface area contributed by atoms with Crippen LogP contribution >= 0.6 is 0 Å². The molecule has 14 heavy (non-hydrogen) atoms. The molecule has 1 aromatic heterocycles. The predicted molar refractivity (Wildman–Crippen MR) is 52.2 cm³/mol. The monoisotopic (exact) mass is 194 g/mol. The first kappa shape index (κ1) is 9.40. The Morgan fingerprint density at radius 3 is 3.00 bits per heavy atom. The van der Waals surface area contributed by atoms with Crippen molar-refractivity contribution in [2.24, 2.45) is 0 Å². The van der Waals surface area contributed by atoms with Gasteiger partial charge in [0.25, 0.3) is 5.56 Å². The molecule has 0 atom stereocenters. The lowest BCUT2D eigenvalue weighted by molar-refractivity contribution is 0.265. The second kappa shape index (κ2) is 3.92. The second-order valence-electron chi connectivity index (χ2n) is 3.61. The molecule has 1 aliphatic carbocycles. The van der Waals surface area contributed by atoms with Crippen LogP contribution in [0.1, 0.15) is 24.1 Å². The Bertz CT molecular complexity index is 384. The van der Waals surface area contributed by atoms with Crippen LogP contribution in [0.2, 0.25) is 0 Å². The summed E-state index contributed by atoms with van der Waals surface area (Å²) in [5.74, 6) is 0. The molecule has 4 heteroatoms. The molecule has 0 saturated carbocycles. The topological polar surface area (TPSA) is 55.1 Å². The van der Waals surface area contributed by atoms with Gasteiger partial charge in [0.05, 0.1) is 18.8 Å². The third kappa shape index (κ3) is 1.70. The van der Waals surface area contributed by atoms with Crippen LogP contribution in [-0.2, 0) is 19.4 Å². The smallest absolute Gasteiger partial charge is 0.267 e. The highest BCUT2D eigenvalue weighted by atomic mass is 16.3. The minimum absolute atomic E-state index is 0.0360. The molecule has 0 unspecified atom stereocenters. The zero-order chi connectivity index (χ0) is 9.97. The number of aromatic nitrogens is 2. The first-order valence-corrected chi connectivity index (χ1v) is 5.02. The number of hydrogen-bond donors (Lipinski definition) is 1. The SMILES string of the molecule is O=c1cc2c(nn1CCO)CCCC2. The Morgan fingerprint density at radius 2 is 2.21 bits per heavy atom. The van der Waals surface area contributed by atoms with E-state index in [1.165, 1.54) is 4.68 Å². The van der Waals surface area contributed by atoms with E-state index < -0.39 is 0 Å². The Balaban J connectivity index is 2.40. The van der Waals surface area contributed by atoms with Crippen LogP contribution in [0.15, 0.2) is 10.9 Å². The van der Waals surface area contributed by atoms with Gasteiger partial charge in [-0.1, -0.05) is 0 Å². The zero-order valence-corrected chi connectivity index (χ0v) is 8.07. The van der Waals surface area contributed by atoms with E-state index in [1.807, 2.05) is 0 Å². The molecule has 0 saturated heterocycles. The van der Waals surface area contributed by atoms with Crippen LogP contribution in [0.3, 0.4) is 0 Å². The van der Waals surface area contributed by atoms with Crippen molar-refractivity contribution >= 4 is 0 Å². The molecule has 1 aliphatic rings. The average molecular weight is 194 g/mol. The molecule has 2 rings (SSSR count). The number of nitrogens with zero attached hydrogens (tertiary/aromatic N) is 2. The van der Waals surface area contributed by atoms with E-state index in [1.54, 1.807) is 6.07 Å². The van der Waals surface area contributed by atoms with Gasteiger partial charge in [-0.3, -0.25) is 4.79 Å². The molecule has 4 nitrogen and oxygen atoms in total. The minimum Gasteiger partial charge on any atom is -0.394 e. The van der Waals surface area contributed by atoms with Crippen LogP contribution in [0.4, 0.5) is 0 Å². The summed E-state index contributed by atoms with van der Waals surface area (Å²) in [5, 5.41) is 13.0. The Morgan fingerprint density at radius 1 is 1.43 bits per heavy atom. The van der Waals surface area contributed by atoms with Gasteiger partial charge in [0.15, 0.2) is 0 Å². The highest BCUT2D eigenvalue weighted by Gasteiger charge is 2.12. The van der Waals surface area contributed by atoms with E-state index in [2.05, 4.69) is 5.10 Å². The van der Waals surface area contributed by atoms with E-state index in [0.29, 0.717) is 6.54 Å². The van der Waals surface area contributed by atoms with Gasteiger partial charge >= 0.3 is 0 Å². The number of aryl methyl sites for hydroxylation is 2. The zero-order valence-electron chi connectivity index (χ0n) is 8.07. The molecule has 76 valence electrons. The number of aliphatic hydroxyl groups is 1. The molecular weight excluding hydrogens is 180 g/mol. The summed E-state index contributed by atoms with van der Waals surface area (Å²) in [6, 6.07) is 1.66. The molecule has 0 amide bonds. The molecule has 0 aliphatic heterocycles. The Hall–Kier alpha value is -1.16. The molecule has 0 fully saturated rings. The van der Waals surface area contributed by atoms with Crippen LogP contribution in [0, 0.1) is 0 Å². The predicted octanol–water partition coefficient (Wildman–Crippen LogP) is 0.114. The molecule has 0 spiro atoms. The maximum atomic E-state index is 11.5. The normalized spacial score (nSPS) is 15.2. The number of aliphatic hydroxyl groups excluding tert-OH is 1. The number of rotatable bonds is 2. The van der Waals surface area contributed by atoms with Crippen molar-refractivity contribution in [2.75, 3.05) is 6.61 Å². The molecular formula is C10H14N2O2. The molecule has 0 radical (unpaired) electrons. The lowest BCUT2D eigenvalue weighted by Gasteiger charge is -2.15. The largest absolute Gasteiger partial charge is 0.394 e. The summed E-state index contributed by atoms with van der Waals surface area (Å²) in [6.07, 6.45) is 4.23. The first-order valence-electron chi connectivity index (χ1n) is 5.02.